The van der Waals surface area contributed by atoms with Crippen LogP contribution in [0.1, 0.15) is 10.6 Å². The summed E-state index contributed by atoms with van der Waals surface area (Å²) in [6, 6.07) is 5.18. The van der Waals surface area contributed by atoms with Gasteiger partial charge in [0.2, 0.25) is 0 Å². The number of nitrogens with zero attached hydrogens (tertiary/aromatic N) is 3. The van der Waals surface area contributed by atoms with Gasteiger partial charge in [-0.3, -0.25) is 0 Å². The molecule has 3 rings (SSSR count). The molecule has 0 atom stereocenters. The summed E-state index contributed by atoms with van der Waals surface area (Å²) in [6.45, 7) is 1.59. The zero-order chi connectivity index (χ0) is 18.8. The number of anilines is 1. The molecular weight excluding hydrogens is 393 g/mol. The van der Waals surface area contributed by atoms with Gasteiger partial charge in [0.25, 0.3) is 10.0 Å². The third-order valence-electron chi connectivity index (χ3n) is 3.60. The maximum Gasteiger partial charge on any atom is 0.435 e. The number of aromatic nitrogens is 2. The van der Waals surface area contributed by atoms with Crippen molar-refractivity contribution in [3.63, 3.8) is 0 Å². The highest BCUT2D eigenvalue weighted by Gasteiger charge is 2.33. The topological polar surface area (TPSA) is 84.4 Å². The van der Waals surface area contributed by atoms with E-state index in [0.717, 1.165) is 17.4 Å². The highest BCUT2D eigenvalue weighted by molar-refractivity contribution is 7.91. The first kappa shape index (κ1) is 19.0. The highest BCUT2D eigenvalue weighted by atomic mass is 32.2. The van der Waals surface area contributed by atoms with E-state index in [2.05, 4.69) is 15.5 Å². The predicted octanol–water partition coefficient (Wildman–Crippen LogP) is 2.19. The minimum atomic E-state index is -4.54. The molecule has 26 heavy (non-hydrogen) atoms. The molecule has 0 amide bonds. The summed E-state index contributed by atoms with van der Waals surface area (Å²) in [5, 5.41) is 9.42. The molecule has 0 spiro atoms. The Kier molecular flexibility index (Phi) is 5.46. The lowest BCUT2D eigenvalue weighted by Gasteiger charge is -2.25. The van der Waals surface area contributed by atoms with Crippen molar-refractivity contribution in [3.8, 4) is 0 Å². The van der Waals surface area contributed by atoms with Crippen LogP contribution in [0.2, 0.25) is 0 Å². The number of hydrogen-bond acceptors (Lipinski definition) is 7. The molecule has 1 N–H and O–H groups in total. The quantitative estimate of drug-likeness (QED) is 0.817. The Morgan fingerprint density at radius 3 is 2.50 bits per heavy atom. The van der Waals surface area contributed by atoms with Crippen molar-refractivity contribution in [2.45, 2.75) is 16.9 Å². The van der Waals surface area contributed by atoms with Crippen molar-refractivity contribution in [1.29, 1.82) is 0 Å². The monoisotopic (exact) mass is 408 g/mol. The molecule has 0 saturated carbocycles. The largest absolute Gasteiger partial charge is 0.435 e. The summed E-state index contributed by atoms with van der Waals surface area (Å²) >= 11 is 1.10. The molecule has 7 nitrogen and oxygen atoms in total. The van der Waals surface area contributed by atoms with Gasteiger partial charge in [0.05, 0.1) is 19.8 Å². The lowest BCUT2D eigenvalue weighted by Crippen LogP contribution is -2.40. The molecule has 0 aliphatic carbocycles. The maximum absolute atomic E-state index is 12.5. The SMILES string of the molecule is O=S(=O)(c1ccc(CNc2ccc(C(F)(F)F)nn2)s1)N1CCOCC1. The first-order valence-electron chi connectivity index (χ1n) is 7.58. The van der Waals surface area contributed by atoms with Gasteiger partial charge in [0.1, 0.15) is 10.0 Å². The smallest absolute Gasteiger partial charge is 0.379 e. The van der Waals surface area contributed by atoms with Crippen molar-refractivity contribution < 1.29 is 26.3 Å². The molecule has 0 radical (unpaired) electrons. The van der Waals surface area contributed by atoms with Gasteiger partial charge in [-0.2, -0.15) is 17.5 Å². The number of sulfonamides is 1. The maximum atomic E-state index is 12.5. The summed E-state index contributed by atoms with van der Waals surface area (Å²) in [5.74, 6) is 0.170. The van der Waals surface area contributed by atoms with Gasteiger partial charge in [-0.1, -0.05) is 0 Å². The van der Waals surface area contributed by atoms with Gasteiger partial charge < -0.3 is 10.1 Å². The van der Waals surface area contributed by atoms with Crippen LogP contribution in [0.4, 0.5) is 19.0 Å². The molecule has 3 heterocycles. The minimum Gasteiger partial charge on any atom is -0.379 e. The molecule has 2 aromatic heterocycles. The van der Waals surface area contributed by atoms with Gasteiger partial charge in [-0.05, 0) is 24.3 Å². The summed E-state index contributed by atoms with van der Waals surface area (Å²) in [7, 11) is -3.56. The Morgan fingerprint density at radius 1 is 1.15 bits per heavy atom. The molecule has 1 aliphatic heterocycles. The van der Waals surface area contributed by atoms with Crippen LogP contribution in [-0.2, 0) is 27.5 Å². The van der Waals surface area contributed by atoms with Gasteiger partial charge in [-0.25, -0.2) is 8.42 Å². The Balaban J connectivity index is 1.63. The number of ether oxygens (including phenoxy) is 1. The number of rotatable bonds is 5. The van der Waals surface area contributed by atoms with Crippen molar-refractivity contribution >= 4 is 27.2 Å². The van der Waals surface area contributed by atoms with Gasteiger partial charge in [0, 0.05) is 18.0 Å². The van der Waals surface area contributed by atoms with Crippen LogP contribution in [0.3, 0.4) is 0 Å². The number of morpholine rings is 1. The fourth-order valence-electron chi connectivity index (χ4n) is 2.26. The van der Waals surface area contributed by atoms with E-state index in [1.54, 1.807) is 6.07 Å². The third-order valence-corrected chi connectivity index (χ3v) is 7.05. The van der Waals surface area contributed by atoms with Crippen molar-refractivity contribution in [1.82, 2.24) is 14.5 Å². The van der Waals surface area contributed by atoms with Crippen LogP contribution < -0.4 is 5.32 Å². The Hall–Kier alpha value is -1.76. The fraction of sp³-hybridized carbons (Fsp3) is 0.429. The van der Waals surface area contributed by atoms with Gasteiger partial charge >= 0.3 is 6.18 Å². The summed E-state index contributed by atoms with van der Waals surface area (Å²) < 4.78 is 69.2. The molecule has 2 aromatic rings. The van der Waals surface area contributed by atoms with E-state index in [1.165, 1.54) is 16.4 Å². The van der Waals surface area contributed by atoms with E-state index in [4.69, 9.17) is 4.74 Å². The average molecular weight is 408 g/mol. The lowest BCUT2D eigenvalue weighted by molar-refractivity contribution is -0.141. The molecule has 1 aliphatic rings. The summed E-state index contributed by atoms with van der Waals surface area (Å²) in [4.78, 5) is 0.707. The zero-order valence-corrected chi connectivity index (χ0v) is 15.0. The second-order valence-electron chi connectivity index (χ2n) is 5.39. The molecule has 0 bridgehead atoms. The predicted molar refractivity (Wildman–Crippen MR) is 88.3 cm³/mol. The zero-order valence-electron chi connectivity index (χ0n) is 13.4. The Morgan fingerprint density at radius 2 is 1.88 bits per heavy atom. The molecular formula is C14H15F3N4O3S2. The highest BCUT2D eigenvalue weighted by Crippen LogP contribution is 2.28. The van der Waals surface area contributed by atoms with E-state index in [1.807, 2.05) is 0 Å². The number of hydrogen-bond donors (Lipinski definition) is 1. The van der Waals surface area contributed by atoms with Crippen molar-refractivity contribution in [3.05, 3.63) is 34.8 Å². The average Bonchev–Trinajstić information content (AvgIpc) is 3.10. The summed E-state index contributed by atoms with van der Waals surface area (Å²) in [6.07, 6.45) is -4.54. The first-order chi connectivity index (χ1) is 12.3. The van der Waals surface area contributed by atoms with Crippen LogP contribution in [0.5, 0.6) is 0 Å². The second-order valence-corrected chi connectivity index (χ2v) is 8.73. The molecule has 12 heteroatoms. The van der Waals surface area contributed by atoms with Crippen LogP contribution in [0, 0.1) is 0 Å². The molecule has 0 unspecified atom stereocenters. The number of alkyl halides is 3. The standard InChI is InChI=1S/C14H15F3N4O3S2/c15-14(16,17)11-2-3-12(20-19-11)18-9-10-1-4-13(25-10)26(22,23)21-5-7-24-8-6-21/h1-4H,5-9H2,(H,18,20). The number of thiophene rings is 1. The first-order valence-corrected chi connectivity index (χ1v) is 9.84. The van der Waals surface area contributed by atoms with E-state index in [0.29, 0.717) is 31.2 Å². The third kappa shape index (κ3) is 4.31. The second kappa shape index (κ2) is 7.47. The Labute approximate surface area is 151 Å². The minimum absolute atomic E-state index is 0.170. The van der Waals surface area contributed by atoms with Crippen molar-refractivity contribution in [2.24, 2.45) is 0 Å². The van der Waals surface area contributed by atoms with Crippen LogP contribution in [0.25, 0.3) is 0 Å². The van der Waals surface area contributed by atoms with Crippen LogP contribution in [0.15, 0.2) is 28.5 Å². The number of nitrogens with one attached hydrogen (secondary N) is 1. The Bertz CT molecular complexity index is 847. The van der Waals surface area contributed by atoms with E-state index in [9.17, 15) is 21.6 Å². The lowest BCUT2D eigenvalue weighted by atomic mass is 10.3. The van der Waals surface area contributed by atoms with Gasteiger partial charge in [-0.15, -0.1) is 21.5 Å². The molecule has 1 saturated heterocycles. The van der Waals surface area contributed by atoms with E-state index in [-0.39, 0.29) is 16.6 Å². The van der Waals surface area contributed by atoms with Crippen LogP contribution in [-0.4, -0.2) is 49.2 Å². The fourth-order valence-corrected chi connectivity index (χ4v) is 5.12. The number of halogens is 3. The molecule has 142 valence electrons. The molecule has 0 aromatic carbocycles. The van der Waals surface area contributed by atoms with E-state index < -0.39 is 21.9 Å². The normalized spacial score (nSPS) is 16.6. The summed E-state index contributed by atoms with van der Waals surface area (Å²) in [5.41, 5.74) is -1.07. The van der Waals surface area contributed by atoms with E-state index >= 15 is 0 Å². The van der Waals surface area contributed by atoms with Gasteiger partial charge in [0.15, 0.2) is 5.69 Å². The molecule has 1 fully saturated rings. The van der Waals surface area contributed by atoms with Crippen LogP contribution >= 0.6 is 11.3 Å². The van der Waals surface area contributed by atoms with Crippen molar-refractivity contribution in [2.75, 3.05) is 31.6 Å².